The number of hydrogen-bond donors (Lipinski definition) is 2. The van der Waals surface area contributed by atoms with Gasteiger partial charge in [-0.3, -0.25) is 24.1 Å². The monoisotopic (exact) mass is 465 g/mol. The van der Waals surface area contributed by atoms with Gasteiger partial charge in [0.1, 0.15) is 0 Å². The first-order chi connectivity index (χ1) is 16.1. The van der Waals surface area contributed by atoms with Gasteiger partial charge in [0.2, 0.25) is 5.91 Å². The highest BCUT2D eigenvalue weighted by Gasteiger charge is 2.36. The quantitative estimate of drug-likeness (QED) is 0.455. The SMILES string of the molecule is CC(=O)Nc1ccc(NC(=O)C(C)OC(=O)c2ccc3c(c2)C(=O)N(CCC(C)C)C3=O)cc1. The summed E-state index contributed by atoms with van der Waals surface area (Å²) < 4.78 is 5.26. The number of esters is 1. The van der Waals surface area contributed by atoms with E-state index in [1.54, 1.807) is 24.3 Å². The van der Waals surface area contributed by atoms with Crippen molar-refractivity contribution in [2.24, 2.45) is 5.92 Å². The number of hydrogen-bond acceptors (Lipinski definition) is 6. The van der Waals surface area contributed by atoms with Crippen molar-refractivity contribution in [3.8, 4) is 0 Å². The molecule has 1 unspecified atom stereocenters. The van der Waals surface area contributed by atoms with Gasteiger partial charge in [-0.2, -0.15) is 0 Å². The van der Waals surface area contributed by atoms with Crippen molar-refractivity contribution in [2.75, 3.05) is 17.2 Å². The molecule has 1 heterocycles. The minimum absolute atomic E-state index is 0.0740. The Balaban J connectivity index is 1.62. The zero-order chi connectivity index (χ0) is 25.0. The van der Waals surface area contributed by atoms with Crippen LogP contribution in [-0.2, 0) is 14.3 Å². The molecule has 34 heavy (non-hydrogen) atoms. The van der Waals surface area contributed by atoms with Crippen LogP contribution in [0.1, 0.15) is 65.2 Å². The zero-order valence-corrected chi connectivity index (χ0v) is 19.5. The molecule has 9 heteroatoms. The van der Waals surface area contributed by atoms with Crippen molar-refractivity contribution >= 4 is 41.0 Å². The summed E-state index contributed by atoms with van der Waals surface area (Å²) in [6, 6.07) is 10.6. The summed E-state index contributed by atoms with van der Waals surface area (Å²) in [5.74, 6) is -2.03. The Kier molecular flexibility index (Phi) is 7.45. The van der Waals surface area contributed by atoms with Crippen LogP contribution in [0.4, 0.5) is 11.4 Å². The Hall–Kier alpha value is -4.01. The second kappa shape index (κ2) is 10.3. The molecule has 0 saturated carbocycles. The molecule has 0 fully saturated rings. The van der Waals surface area contributed by atoms with Crippen LogP contribution in [0.5, 0.6) is 0 Å². The number of nitrogens with one attached hydrogen (secondary N) is 2. The van der Waals surface area contributed by atoms with Gasteiger partial charge in [0.25, 0.3) is 17.7 Å². The van der Waals surface area contributed by atoms with E-state index in [0.29, 0.717) is 30.3 Å². The Morgan fingerprint density at radius 2 is 1.47 bits per heavy atom. The van der Waals surface area contributed by atoms with Gasteiger partial charge in [0, 0.05) is 24.8 Å². The number of amides is 4. The second-order valence-electron chi connectivity index (χ2n) is 8.50. The van der Waals surface area contributed by atoms with Gasteiger partial charge >= 0.3 is 5.97 Å². The molecule has 4 amide bonds. The van der Waals surface area contributed by atoms with Crippen LogP contribution in [0.3, 0.4) is 0 Å². The van der Waals surface area contributed by atoms with E-state index in [4.69, 9.17) is 4.74 Å². The third-order valence-corrected chi connectivity index (χ3v) is 5.26. The zero-order valence-electron chi connectivity index (χ0n) is 19.5. The maximum atomic E-state index is 12.7. The molecular formula is C25H27N3O6. The standard InChI is InChI=1S/C25H27N3O6/c1-14(2)11-12-28-23(31)20-10-5-17(13-21(20)24(28)32)25(33)34-15(3)22(30)27-19-8-6-18(7-9-19)26-16(4)29/h5-10,13-15H,11-12H2,1-4H3,(H,26,29)(H,27,30). The maximum absolute atomic E-state index is 12.7. The number of ether oxygens (including phenoxy) is 1. The molecule has 0 saturated heterocycles. The fourth-order valence-electron chi connectivity index (χ4n) is 3.37. The molecule has 9 nitrogen and oxygen atoms in total. The molecule has 2 aromatic rings. The first-order valence-corrected chi connectivity index (χ1v) is 11.0. The van der Waals surface area contributed by atoms with E-state index in [9.17, 15) is 24.0 Å². The maximum Gasteiger partial charge on any atom is 0.338 e. The van der Waals surface area contributed by atoms with Crippen LogP contribution in [0, 0.1) is 5.92 Å². The van der Waals surface area contributed by atoms with E-state index in [1.807, 2.05) is 13.8 Å². The van der Waals surface area contributed by atoms with Gasteiger partial charge in [0.05, 0.1) is 16.7 Å². The van der Waals surface area contributed by atoms with Crippen LogP contribution >= 0.6 is 0 Å². The molecule has 1 aliphatic heterocycles. The molecule has 3 rings (SSSR count). The third kappa shape index (κ3) is 5.67. The Bertz CT molecular complexity index is 1140. The van der Waals surface area contributed by atoms with Gasteiger partial charge in [-0.1, -0.05) is 13.8 Å². The van der Waals surface area contributed by atoms with Gasteiger partial charge in [-0.05, 0) is 61.7 Å². The van der Waals surface area contributed by atoms with Gasteiger partial charge in [0.15, 0.2) is 6.10 Å². The largest absolute Gasteiger partial charge is 0.449 e. The highest BCUT2D eigenvalue weighted by Crippen LogP contribution is 2.25. The molecule has 178 valence electrons. The second-order valence-corrected chi connectivity index (χ2v) is 8.50. The Labute approximate surface area is 197 Å². The average Bonchev–Trinajstić information content (AvgIpc) is 3.02. The van der Waals surface area contributed by atoms with Crippen LogP contribution in [0.2, 0.25) is 0 Å². The molecule has 2 N–H and O–H groups in total. The van der Waals surface area contributed by atoms with Crippen molar-refractivity contribution in [2.45, 2.75) is 40.2 Å². The predicted octanol–water partition coefficient (Wildman–Crippen LogP) is 3.47. The van der Waals surface area contributed by atoms with E-state index in [-0.39, 0.29) is 28.5 Å². The van der Waals surface area contributed by atoms with Crippen molar-refractivity contribution in [3.63, 3.8) is 0 Å². The number of carbonyl (C=O) groups is 5. The fourth-order valence-corrected chi connectivity index (χ4v) is 3.37. The Morgan fingerprint density at radius 1 is 0.882 bits per heavy atom. The molecule has 1 aliphatic rings. The summed E-state index contributed by atoms with van der Waals surface area (Å²) in [5.41, 5.74) is 1.52. The highest BCUT2D eigenvalue weighted by molar-refractivity contribution is 6.22. The molecule has 0 bridgehead atoms. The van der Waals surface area contributed by atoms with Crippen molar-refractivity contribution in [1.82, 2.24) is 4.90 Å². The number of nitrogens with zero attached hydrogens (tertiary/aromatic N) is 1. The molecule has 0 aromatic heterocycles. The number of imide groups is 1. The summed E-state index contributed by atoms with van der Waals surface area (Å²) in [6.45, 7) is 7.14. The third-order valence-electron chi connectivity index (χ3n) is 5.26. The van der Waals surface area contributed by atoms with Crippen LogP contribution in [0.25, 0.3) is 0 Å². The number of benzene rings is 2. The van der Waals surface area contributed by atoms with Crippen LogP contribution in [0.15, 0.2) is 42.5 Å². The normalized spacial score (nSPS) is 13.5. The van der Waals surface area contributed by atoms with E-state index in [0.717, 1.165) is 0 Å². The molecule has 2 aromatic carbocycles. The molecular weight excluding hydrogens is 438 g/mol. The minimum atomic E-state index is -1.12. The van der Waals surface area contributed by atoms with Crippen LogP contribution in [-0.4, -0.2) is 47.1 Å². The van der Waals surface area contributed by atoms with Gasteiger partial charge in [-0.25, -0.2) is 4.79 Å². The van der Waals surface area contributed by atoms with Gasteiger partial charge < -0.3 is 15.4 Å². The first kappa shape index (κ1) is 24.6. The number of carbonyl (C=O) groups excluding carboxylic acids is 5. The minimum Gasteiger partial charge on any atom is -0.449 e. The van der Waals surface area contributed by atoms with Crippen molar-refractivity contribution in [3.05, 3.63) is 59.2 Å². The lowest BCUT2D eigenvalue weighted by molar-refractivity contribution is -0.123. The number of fused-ring (bicyclic) bond motifs is 1. The van der Waals surface area contributed by atoms with Crippen molar-refractivity contribution in [1.29, 1.82) is 0 Å². The summed E-state index contributed by atoms with van der Waals surface area (Å²) in [7, 11) is 0. The van der Waals surface area contributed by atoms with E-state index >= 15 is 0 Å². The summed E-state index contributed by atoms with van der Waals surface area (Å²) >= 11 is 0. The van der Waals surface area contributed by atoms with Crippen molar-refractivity contribution < 1.29 is 28.7 Å². The van der Waals surface area contributed by atoms with E-state index in [1.165, 1.54) is 36.9 Å². The number of rotatable bonds is 8. The molecule has 1 atom stereocenters. The molecule has 0 aliphatic carbocycles. The molecule has 0 spiro atoms. The predicted molar refractivity (Wildman–Crippen MR) is 126 cm³/mol. The fraction of sp³-hybridized carbons (Fsp3) is 0.320. The topological polar surface area (TPSA) is 122 Å². The van der Waals surface area contributed by atoms with E-state index in [2.05, 4.69) is 10.6 Å². The first-order valence-electron chi connectivity index (χ1n) is 11.0. The van der Waals surface area contributed by atoms with E-state index < -0.39 is 23.9 Å². The average molecular weight is 466 g/mol. The highest BCUT2D eigenvalue weighted by atomic mass is 16.5. The Morgan fingerprint density at radius 3 is 2.06 bits per heavy atom. The molecule has 0 radical (unpaired) electrons. The summed E-state index contributed by atoms with van der Waals surface area (Å²) in [4.78, 5) is 62.5. The smallest absolute Gasteiger partial charge is 0.338 e. The summed E-state index contributed by atoms with van der Waals surface area (Å²) in [6.07, 6.45) is -0.432. The lowest BCUT2D eigenvalue weighted by atomic mass is 10.1. The number of anilines is 2. The van der Waals surface area contributed by atoms with Crippen LogP contribution < -0.4 is 10.6 Å². The summed E-state index contributed by atoms with van der Waals surface area (Å²) in [5, 5.41) is 5.25. The lowest BCUT2D eigenvalue weighted by Gasteiger charge is -2.14. The van der Waals surface area contributed by atoms with Gasteiger partial charge in [-0.15, -0.1) is 0 Å². The lowest BCUT2D eigenvalue weighted by Crippen LogP contribution is -2.31.